The van der Waals surface area contributed by atoms with Crippen LogP contribution in [0.4, 0.5) is 33.8 Å². The molecule has 15 heavy (non-hydrogen) atoms. The third kappa shape index (κ3) is 1380. The van der Waals surface area contributed by atoms with Crippen LogP contribution < -0.4 is 0 Å². The van der Waals surface area contributed by atoms with Gasteiger partial charge in [0.25, 0.3) is 0 Å². The molecule has 15 heteroatoms. The topological polar surface area (TPSA) is 0 Å². The van der Waals surface area contributed by atoms with Gasteiger partial charge in [0.2, 0.25) is 0 Å². The molecule has 0 unspecified atom stereocenters. The van der Waals surface area contributed by atoms with E-state index in [1.807, 2.05) is 0 Å². The molecular formula is F12RhSb2. The van der Waals surface area contributed by atoms with Crippen molar-refractivity contribution in [1.82, 2.24) is 0 Å². The molecule has 0 aromatic carbocycles. The van der Waals surface area contributed by atoms with Crippen LogP contribution in [0.3, 0.4) is 0 Å². The number of hydrogen-bond donors (Lipinski definition) is 0. The fourth-order valence-corrected chi connectivity index (χ4v) is 0. The zero-order chi connectivity index (χ0) is 12.8. The summed E-state index contributed by atoms with van der Waals surface area (Å²) in [4.78, 5) is 0. The van der Waals surface area contributed by atoms with Crippen LogP contribution in [0.25, 0.3) is 0 Å². The van der Waals surface area contributed by atoms with Gasteiger partial charge in [0.1, 0.15) is 0 Å². The molecule has 0 saturated heterocycles. The molecule has 103 valence electrons. The summed E-state index contributed by atoms with van der Waals surface area (Å²) in [6.45, 7) is 0. The molecule has 0 nitrogen and oxygen atoms in total. The van der Waals surface area contributed by atoms with E-state index in [1.165, 1.54) is 0 Å². The standard InChI is InChI=1S/12FH.Rh.2Sb/h12*1H;;;/q;;;;;;;;;;;;+2;2*+5/p-12. The van der Waals surface area contributed by atoms with E-state index in [9.17, 15) is 33.8 Å². The van der Waals surface area contributed by atoms with Crippen molar-refractivity contribution in [2.45, 2.75) is 0 Å². The average Bonchev–Trinajstić information content (AvgIpc) is 0.938. The van der Waals surface area contributed by atoms with E-state index in [0.717, 1.165) is 0 Å². The van der Waals surface area contributed by atoms with Crippen molar-refractivity contribution in [1.29, 1.82) is 0 Å². The van der Waals surface area contributed by atoms with Crippen molar-refractivity contribution in [2.24, 2.45) is 0 Å². The van der Waals surface area contributed by atoms with E-state index in [4.69, 9.17) is 0 Å². The van der Waals surface area contributed by atoms with Gasteiger partial charge < -0.3 is 0 Å². The first-order valence-electron chi connectivity index (χ1n) is 2.03. The van der Waals surface area contributed by atoms with Gasteiger partial charge in [0.15, 0.2) is 0 Å². The Bertz CT molecular complexity index is 161. The molecule has 0 heterocycles. The third-order valence-electron chi connectivity index (χ3n) is 0. The molecule has 0 fully saturated rings. The van der Waals surface area contributed by atoms with Crippen LogP contribution in [0.1, 0.15) is 0 Å². The summed E-state index contributed by atoms with van der Waals surface area (Å²) in [5.74, 6) is 0. The molecule has 0 aliphatic heterocycles. The summed E-state index contributed by atoms with van der Waals surface area (Å²) in [5, 5.41) is 0. The van der Waals surface area contributed by atoms with Crippen molar-refractivity contribution in [3.63, 3.8) is 0 Å². The molecule has 0 aromatic heterocycles. The molecule has 0 bridgehead atoms. The van der Waals surface area contributed by atoms with Gasteiger partial charge in [-0.15, -0.1) is 0 Å². The first-order valence-corrected chi connectivity index (χ1v) is 13.6. The van der Waals surface area contributed by atoms with E-state index in [-0.39, 0.29) is 19.5 Å². The van der Waals surface area contributed by atoms with Crippen molar-refractivity contribution < 1.29 is 53.2 Å². The van der Waals surface area contributed by atoms with Crippen LogP contribution in [-0.2, 0) is 19.5 Å². The van der Waals surface area contributed by atoms with E-state index in [1.54, 1.807) is 0 Å². The fourth-order valence-electron chi connectivity index (χ4n) is 0. The third-order valence-corrected chi connectivity index (χ3v) is 0. The smallest absolute Gasteiger partial charge is 2.00 e. The van der Waals surface area contributed by atoms with Crippen LogP contribution in [-0.4, -0.2) is 39.0 Å². The monoisotopic (exact) mass is 573 g/mol. The van der Waals surface area contributed by atoms with Gasteiger partial charge in [-0.1, -0.05) is 0 Å². The molecule has 0 spiro atoms. The summed E-state index contributed by atoms with van der Waals surface area (Å²) in [6, 6.07) is 0. The second-order valence-corrected chi connectivity index (χ2v) is 12.9. The van der Waals surface area contributed by atoms with E-state index in [0.29, 0.717) is 0 Å². The second kappa shape index (κ2) is 3.25. The Balaban J connectivity index is -0.000000180. The summed E-state index contributed by atoms with van der Waals surface area (Å²) in [6.07, 6.45) is 0. The first-order chi connectivity index (χ1) is 4.90. The Labute approximate surface area is 91.5 Å². The molecule has 1 radical (unpaired) electrons. The van der Waals surface area contributed by atoms with E-state index in [2.05, 4.69) is 0 Å². The van der Waals surface area contributed by atoms with Crippen molar-refractivity contribution in [3.8, 4) is 0 Å². The maximum absolute atomic E-state index is 11.2. The fraction of sp³-hybridized carbons (Fsp3) is 0. The summed E-state index contributed by atoms with van der Waals surface area (Å²) in [7, 11) is 0. The second-order valence-electron chi connectivity index (χ2n) is 1.92. The Morgan fingerprint density at radius 2 is 0.333 bits per heavy atom. The zero-order valence-electron chi connectivity index (χ0n) is 5.76. The minimum atomic E-state index is -11.2. The largest absolute Gasteiger partial charge is 2.00 e. The number of hydrogen-bond acceptors (Lipinski definition) is 0. The maximum atomic E-state index is 9.93. The Kier molecular flexibility index (Phi) is 4.69. The SMILES string of the molecule is [F][Sb-]([F])([F])([F])([F])[F].[F][Sb-]([F])([F])([F])([F])[F].[Rh+2]. The minimum Gasteiger partial charge on any atom is 2.00 e. The van der Waals surface area contributed by atoms with Gasteiger partial charge in [-0.3, -0.25) is 0 Å². The van der Waals surface area contributed by atoms with Gasteiger partial charge >= 0.3 is 92.2 Å². The Morgan fingerprint density at radius 3 is 0.333 bits per heavy atom. The molecule has 0 N–H and O–H groups in total. The molecule has 0 amide bonds. The molecule has 0 aliphatic carbocycles. The summed E-state index contributed by atoms with van der Waals surface area (Å²) < 4.78 is 119. The normalized spacial score (nSPS) is 21.6. The minimum absolute atomic E-state index is 0. The molecular weight excluding hydrogens is 574 g/mol. The molecule has 0 saturated carbocycles. The Hall–Kier alpha value is 1.42. The summed E-state index contributed by atoms with van der Waals surface area (Å²) >= 11 is -22.5. The van der Waals surface area contributed by atoms with Crippen LogP contribution >= 0.6 is 0 Å². The van der Waals surface area contributed by atoms with Crippen molar-refractivity contribution in [2.75, 3.05) is 0 Å². The van der Waals surface area contributed by atoms with Crippen LogP contribution in [0.5, 0.6) is 0 Å². The molecule has 0 aliphatic rings. The first kappa shape index (κ1) is 21.7. The summed E-state index contributed by atoms with van der Waals surface area (Å²) in [5.41, 5.74) is 0. The van der Waals surface area contributed by atoms with Crippen LogP contribution in [0.15, 0.2) is 0 Å². The van der Waals surface area contributed by atoms with Crippen molar-refractivity contribution >= 4 is 39.0 Å². The molecule has 0 aromatic rings. The average molecular weight is 574 g/mol. The van der Waals surface area contributed by atoms with Gasteiger partial charge in [0.05, 0.1) is 0 Å². The zero-order valence-corrected chi connectivity index (χ0v) is 12.5. The van der Waals surface area contributed by atoms with Crippen LogP contribution in [0, 0.1) is 0 Å². The van der Waals surface area contributed by atoms with Gasteiger partial charge in [0, 0.05) is 0 Å². The quantitative estimate of drug-likeness (QED) is 0.300. The maximum Gasteiger partial charge on any atom is 2.00 e. The van der Waals surface area contributed by atoms with Gasteiger partial charge in [-0.05, 0) is 0 Å². The van der Waals surface area contributed by atoms with E-state index < -0.39 is 39.0 Å². The number of rotatable bonds is 0. The van der Waals surface area contributed by atoms with Crippen molar-refractivity contribution in [3.05, 3.63) is 0 Å². The van der Waals surface area contributed by atoms with E-state index >= 15 is 0 Å². The predicted octanol–water partition coefficient (Wildman–Crippen LogP) is 4.28. The Morgan fingerprint density at radius 1 is 0.333 bits per heavy atom. The van der Waals surface area contributed by atoms with Gasteiger partial charge in [-0.2, -0.15) is 0 Å². The predicted molar refractivity (Wildman–Crippen MR) is 24.8 cm³/mol. The molecule has 0 atom stereocenters. The van der Waals surface area contributed by atoms with Crippen LogP contribution in [0.2, 0.25) is 0 Å². The molecule has 0 rings (SSSR count). The van der Waals surface area contributed by atoms with Gasteiger partial charge in [-0.25, -0.2) is 0 Å². The number of halogens is 12.